The molecule has 0 aliphatic carbocycles. The Morgan fingerprint density at radius 2 is 1.58 bits per heavy atom. The lowest BCUT2D eigenvalue weighted by molar-refractivity contribution is 0.0698. The molecular weight excluding hydrogens is 523 g/mol. The number of hydrogen-bond acceptors (Lipinski definition) is 5. The number of hydrogen-bond donors (Lipinski definition) is 0. The molecule has 0 spiro atoms. The molecule has 1 aromatic heterocycles. The molecule has 3 aromatic carbocycles. The van der Waals surface area contributed by atoms with Crippen molar-refractivity contribution in [2.45, 2.75) is 4.90 Å². The van der Waals surface area contributed by atoms with Crippen molar-refractivity contribution < 1.29 is 13.2 Å². The highest BCUT2D eigenvalue weighted by atomic mass is 35.5. The third kappa shape index (κ3) is 4.51. The molecule has 0 saturated carbocycles. The van der Waals surface area contributed by atoms with Gasteiger partial charge in [0.2, 0.25) is 10.0 Å². The molecule has 5 rings (SSSR count). The molecule has 184 valence electrons. The molecule has 8 nitrogen and oxygen atoms in total. The Morgan fingerprint density at radius 3 is 2.31 bits per heavy atom. The normalized spacial score (nSPS) is 14.8. The molecule has 36 heavy (non-hydrogen) atoms. The van der Waals surface area contributed by atoms with Gasteiger partial charge in [0.15, 0.2) is 0 Å². The summed E-state index contributed by atoms with van der Waals surface area (Å²) < 4.78 is 28.8. The lowest BCUT2D eigenvalue weighted by Gasteiger charge is -2.34. The van der Waals surface area contributed by atoms with Gasteiger partial charge in [0.25, 0.3) is 11.5 Å². The minimum Gasteiger partial charge on any atom is -0.336 e. The summed E-state index contributed by atoms with van der Waals surface area (Å²) in [6, 6.07) is 18.1. The predicted molar refractivity (Wildman–Crippen MR) is 138 cm³/mol. The van der Waals surface area contributed by atoms with Crippen LogP contribution in [0.1, 0.15) is 10.4 Å². The van der Waals surface area contributed by atoms with Crippen molar-refractivity contribution in [2.75, 3.05) is 26.2 Å². The molecule has 2 heterocycles. The van der Waals surface area contributed by atoms with Crippen LogP contribution >= 0.6 is 23.2 Å². The molecule has 0 N–H and O–H groups in total. The predicted octanol–water partition coefficient (Wildman–Crippen LogP) is 3.84. The number of aromatic nitrogens is 2. The van der Waals surface area contributed by atoms with Crippen LogP contribution in [0, 0.1) is 0 Å². The number of rotatable bonds is 4. The van der Waals surface area contributed by atoms with Crippen LogP contribution in [-0.2, 0) is 10.0 Å². The van der Waals surface area contributed by atoms with Crippen LogP contribution < -0.4 is 5.56 Å². The molecule has 1 amide bonds. The Hall–Kier alpha value is -3.24. The first-order chi connectivity index (χ1) is 17.3. The second kappa shape index (κ2) is 9.67. The van der Waals surface area contributed by atoms with Crippen molar-refractivity contribution in [1.82, 2.24) is 18.8 Å². The van der Waals surface area contributed by atoms with Gasteiger partial charge in [0.1, 0.15) is 11.2 Å². The summed E-state index contributed by atoms with van der Waals surface area (Å²) in [5, 5.41) is 0.878. The van der Waals surface area contributed by atoms with Crippen molar-refractivity contribution in [3.8, 4) is 5.69 Å². The van der Waals surface area contributed by atoms with E-state index in [9.17, 15) is 18.0 Å². The van der Waals surface area contributed by atoms with E-state index in [-0.39, 0.29) is 52.6 Å². The fourth-order valence-electron chi connectivity index (χ4n) is 4.15. The Balaban J connectivity index is 1.30. The topological polar surface area (TPSA) is 92.6 Å². The number of carbonyl (C=O) groups excluding carboxylic acids is 1. The van der Waals surface area contributed by atoms with Gasteiger partial charge in [-0.25, -0.2) is 13.4 Å². The summed E-state index contributed by atoms with van der Waals surface area (Å²) in [7, 11) is -3.84. The molecule has 1 aliphatic rings. The molecule has 0 radical (unpaired) electrons. The van der Waals surface area contributed by atoms with Gasteiger partial charge in [0, 0.05) is 36.8 Å². The second-order valence-electron chi connectivity index (χ2n) is 8.25. The number of nitrogens with zero attached hydrogens (tertiary/aromatic N) is 4. The Bertz CT molecular complexity index is 1630. The highest BCUT2D eigenvalue weighted by Crippen LogP contribution is 2.28. The average molecular weight is 543 g/mol. The standard InChI is InChI=1S/C25H20Cl2N4O4S/c26-18-7-10-21(27)23(15-18)36(34,35)30-13-11-29(12-14-30)24(32)17-5-8-19(9-6-17)31-16-28-22-4-2-1-3-20(22)25(31)33/h1-10,15-16H,11-14H2. The fourth-order valence-corrected chi connectivity index (χ4v) is 6.31. The van der Waals surface area contributed by atoms with Crippen molar-refractivity contribution >= 4 is 50.0 Å². The van der Waals surface area contributed by atoms with E-state index in [1.807, 2.05) is 6.07 Å². The van der Waals surface area contributed by atoms with Crippen LogP contribution in [-0.4, -0.2) is 59.3 Å². The van der Waals surface area contributed by atoms with Gasteiger partial charge in [-0.2, -0.15) is 4.31 Å². The van der Waals surface area contributed by atoms with Crippen LogP contribution in [0.2, 0.25) is 10.0 Å². The van der Waals surface area contributed by atoms with Gasteiger partial charge >= 0.3 is 0 Å². The summed E-state index contributed by atoms with van der Waals surface area (Å²) in [6.07, 6.45) is 1.47. The number of para-hydroxylation sites is 1. The fraction of sp³-hybridized carbons (Fsp3) is 0.160. The van der Waals surface area contributed by atoms with Crippen LogP contribution in [0.5, 0.6) is 0 Å². The maximum Gasteiger partial charge on any atom is 0.265 e. The van der Waals surface area contributed by atoms with E-state index in [2.05, 4.69) is 4.98 Å². The Morgan fingerprint density at radius 1 is 0.889 bits per heavy atom. The van der Waals surface area contributed by atoms with Crippen LogP contribution in [0.4, 0.5) is 0 Å². The molecular formula is C25H20Cl2N4O4S. The molecule has 1 aliphatic heterocycles. The zero-order valence-corrected chi connectivity index (χ0v) is 21.2. The lowest BCUT2D eigenvalue weighted by Crippen LogP contribution is -2.50. The average Bonchev–Trinajstić information content (AvgIpc) is 2.90. The van der Waals surface area contributed by atoms with Crippen molar-refractivity contribution in [2.24, 2.45) is 0 Å². The smallest absolute Gasteiger partial charge is 0.265 e. The van der Waals surface area contributed by atoms with Crippen LogP contribution in [0.25, 0.3) is 16.6 Å². The molecule has 4 aromatic rings. The molecule has 0 unspecified atom stereocenters. The third-order valence-corrected chi connectivity index (χ3v) is 8.71. The Kier molecular flexibility index (Phi) is 6.57. The molecule has 1 saturated heterocycles. The zero-order valence-electron chi connectivity index (χ0n) is 18.8. The quantitative estimate of drug-likeness (QED) is 0.390. The van der Waals surface area contributed by atoms with E-state index in [0.717, 1.165) is 0 Å². The summed E-state index contributed by atoms with van der Waals surface area (Å²) in [4.78, 5) is 31.8. The van der Waals surface area contributed by atoms with Crippen molar-refractivity contribution in [3.63, 3.8) is 0 Å². The van der Waals surface area contributed by atoms with Crippen molar-refractivity contribution in [3.05, 3.63) is 99.0 Å². The number of piperazine rings is 1. The van der Waals surface area contributed by atoms with Gasteiger partial charge in [-0.15, -0.1) is 0 Å². The van der Waals surface area contributed by atoms with E-state index in [1.54, 1.807) is 47.4 Å². The largest absolute Gasteiger partial charge is 0.336 e. The molecule has 0 atom stereocenters. The number of fused-ring (bicyclic) bond motifs is 1. The zero-order chi connectivity index (χ0) is 25.4. The van der Waals surface area contributed by atoms with E-state index in [0.29, 0.717) is 22.2 Å². The summed E-state index contributed by atoms with van der Waals surface area (Å²) in [5.41, 5.74) is 1.44. The Labute approximate surface area is 217 Å². The molecule has 1 fully saturated rings. The lowest BCUT2D eigenvalue weighted by atomic mass is 10.1. The van der Waals surface area contributed by atoms with E-state index in [1.165, 1.54) is 33.4 Å². The van der Waals surface area contributed by atoms with E-state index in [4.69, 9.17) is 23.2 Å². The summed E-state index contributed by atoms with van der Waals surface area (Å²) >= 11 is 12.1. The maximum absolute atomic E-state index is 13.1. The number of amides is 1. The minimum atomic E-state index is -3.84. The monoisotopic (exact) mass is 542 g/mol. The highest BCUT2D eigenvalue weighted by molar-refractivity contribution is 7.89. The number of benzene rings is 3. The van der Waals surface area contributed by atoms with Gasteiger partial charge in [-0.1, -0.05) is 35.3 Å². The third-order valence-electron chi connectivity index (χ3n) is 6.09. The SMILES string of the molecule is O=C(c1ccc(-n2cnc3ccccc3c2=O)cc1)N1CCN(S(=O)(=O)c2cc(Cl)ccc2Cl)CC1. The number of halogens is 2. The molecule has 11 heteroatoms. The first kappa shape index (κ1) is 24.5. The number of sulfonamides is 1. The van der Waals surface area contributed by atoms with Crippen molar-refractivity contribution in [1.29, 1.82) is 0 Å². The minimum absolute atomic E-state index is 0.0505. The first-order valence-electron chi connectivity index (χ1n) is 11.1. The van der Waals surface area contributed by atoms with Gasteiger partial charge in [-0.05, 0) is 54.6 Å². The maximum atomic E-state index is 13.1. The first-order valence-corrected chi connectivity index (χ1v) is 13.3. The van der Waals surface area contributed by atoms with E-state index >= 15 is 0 Å². The summed E-state index contributed by atoms with van der Waals surface area (Å²) in [5.74, 6) is -0.219. The molecule has 0 bridgehead atoms. The van der Waals surface area contributed by atoms with Crippen LogP contribution in [0.15, 0.2) is 82.7 Å². The van der Waals surface area contributed by atoms with E-state index < -0.39 is 10.0 Å². The van der Waals surface area contributed by atoms with Gasteiger partial charge in [-0.3, -0.25) is 14.2 Å². The number of carbonyl (C=O) groups is 1. The van der Waals surface area contributed by atoms with Gasteiger partial charge in [0.05, 0.1) is 21.6 Å². The second-order valence-corrected chi connectivity index (χ2v) is 11.0. The van der Waals surface area contributed by atoms with Gasteiger partial charge < -0.3 is 4.90 Å². The summed E-state index contributed by atoms with van der Waals surface area (Å²) in [6.45, 7) is 0.721. The highest BCUT2D eigenvalue weighted by Gasteiger charge is 2.32. The van der Waals surface area contributed by atoms with Crippen LogP contribution in [0.3, 0.4) is 0 Å².